The van der Waals surface area contributed by atoms with Crippen LogP contribution < -0.4 is 9.47 Å². The van der Waals surface area contributed by atoms with Gasteiger partial charge in [0.2, 0.25) is 0 Å². The minimum atomic E-state index is -0.809. The number of non-ortho nitro benzene ring substituents is 1. The van der Waals surface area contributed by atoms with E-state index in [9.17, 15) is 24.5 Å². The average molecular weight is 559 g/mol. The number of thioether (sulfide) groups is 1. The van der Waals surface area contributed by atoms with Gasteiger partial charge in [0, 0.05) is 22.2 Å². The molecule has 0 N–H and O–H groups in total. The number of methoxy groups -OCH3 is 1. The predicted octanol–water partition coefficient (Wildman–Crippen LogP) is 6.37. The summed E-state index contributed by atoms with van der Waals surface area (Å²) in [6, 6.07) is 14.5. The second kappa shape index (κ2) is 11.0. The molecule has 1 fully saturated rings. The molecule has 1 heterocycles. The van der Waals surface area contributed by atoms with Crippen LogP contribution in [0.5, 0.6) is 11.5 Å². The summed E-state index contributed by atoms with van der Waals surface area (Å²) in [4.78, 5) is 49.5. The standard InChI is InChI=1S/C25H16Cl2N2O7S/c1-35-21-9-14(5-8-20(21)36-24(31)15-3-2-4-18(11-15)29(33)34)10-22-23(30)28(25(32)37-22)13-16-6-7-17(26)12-19(16)27/h2-12H,13H2,1H3/b22-10-. The van der Waals surface area contributed by atoms with Gasteiger partial charge < -0.3 is 9.47 Å². The van der Waals surface area contributed by atoms with Gasteiger partial charge in [-0.3, -0.25) is 24.6 Å². The zero-order chi connectivity index (χ0) is 26.7. The fraction of sp³-hybridized carbons (Fsp3) is 0.0800. The number of benzene rings is 3. The van der Waals surface area contributed by atoms with Crippen LogP contribution in [0.15, 0.2) is 65.6 Å². The molecule has 1 aliphatic rings. The molecule has 37 heavy (non-hydrogen) atoms. The highest BCUT2D eigenvalue weighted by Crippen LogP contribution is 2.36. The van der Waals surface area contributed by atoms with Crippen LogP contribution in [0.3, 0.4) is 0 Å². The minimum Gasteiger partial charge on any atom is -0.493 e. The molecule has 0 unspecified atom stereocenters. The van der Waals surface area contributed by atoms with E-state index in [1.807, 2.05) is 0 Å². The molecule has 3 aromatic carbocycles. The molecule has 0 saturated carbocycles. The van der Waals surface area contributed by atoms with Crippen molar-refractivity contribution in [2.45, 2.75) is 6.54 Å². The van der Waals surface area contributed by atoms with Gasteiger partial charge in [0.15, 0.2) is 11.5 Å². The van der Waals surface area contributed by atoms with Crippen molar-refractivity contribution >= 4 is 63.8 Å². The van der Waals surface area contributed by atoms with E-state index in [-0.39, 0.29) is 34.2 Å². The normalized spacial score (nSPS) is 14.2. The highest BCUT2D eigenvalue weighted by molar-refractivity contribution is 8.18. The van der Waals surface area contributed by atoms with Crippen LogP contribution in [-0.2, 0) is 11.3 Å². The van der Waals surface area contributed by atoms with Gasteiger partial charge in [0.05, 0.1) is 29.0 Å². The summed E-state index contributed by atoms with van der Waals surface area (Å²) in [7, 11) is 1.37. The molecule has 2 amide bonds. The van der Waals surface area contributed by atoms with Crippen LogP contribution in [0.25, 0.3) is 6.08 Å². The smallest absolute Gasteiger partial charge is 0.343 e. The molecule has 3 aromatic rings. The molecule has 1 aliphatic heterocycles. The quantitative estimate of drug-likeness (QED) is 0.108. The number of halogens is 2. The maximum Gasteiger partial charge on any atom is 0.343 e. The molecule has 0 radical (unpaired) electrons. The largest absolute Gasteiger partial charge is 0.493 e. The van der Waals surface area contributed by atoms with Gasteiger partial charge in [-0.1, -0.05) is 41.4 Å². The number of amides is 2. The molecule has 0 aromatic heterocycles. The number of hydrogen-bond acceptors (Lipinski definition) is 8. The second-order valence-electron chi connectivity index (χ2n) is 7.61. The fourth-order valence-corrected chi connectivity index (χ4v) is 4.68. The van der Waals surface area contributed by atoms with Crippen LogP contribution in [0.2, 0.25) is 10.0 Å². The number of rotatable bonds is 7. The highest BCUT2D eigenvalue weighted by atomic mass is 35.5. The third-order valence-corrected chi connectivity index (χ3v) is 6.69. The van der Waals surface area contributed by atoms with E-state index >= 15 is 0 Å². The first-order chi connectivity index (χ1) is 17.7. The molecule has 0 bridgehead atoms. The first kappa shape index (κ1) is 26.2. The number of nitro benzene ring substituents is 1. The van der Waals surface area contributed by atoms with E-state index in [1.54, 1.807) is 18.2 Å². The molecule has 1 saturated heterocycles. The third-order valence-electron chi connectivity index (χ3n) is 5.20. The van der Waals surface area contributed by atoms with Crippen LogP contribution >= 0.6 is 35.0 Å². The molecule has 0 spiro atoms. The van der Waals surface area contributed by atoms with Crippen molar-refractivity contribution in [3.8, 4) is 11.5 Å². The van der Waals surface area contributed by atoms with E-state index in [0.717, 1.165) is 22.7 Å². The number of nitrogens with zero attached hydrogens (tertiary/aromatic N) is 2. The van der Waals surface area contributed by atoms with Gasteiger partial charge in [-0.15, -0.1) is 0 Å². The van der Waals surface area contributed by atoms with E-state index < -0.39 is 22.0 Å². The summed E-state index contributed by atoms with van der Waals surface area (Å²) >= 11 is 12.9. The van der Waals surface area contributed by atoms with Crippen molar-refractivity contribution in [1.29, 1.82) is 0 Å². The van der Waals surface area contributed by atoms with Crippen molar-refractivity contribution in [2.24, 2.45) is 0 Å². The number of esters is 1. The molecule has 0 aliphatic carbocycles. The Balaban J connectivity index is 1.52. The number of nitro groups is 1. The Bertz CT molecular complexity index is 1480. The molecular formula is C25H16Cl2N2O7S. The van der Waals surface area contributed by atoms with Gasteiger partial charge in [0.1, 0.15) is 0 Å². The van der Waals surface area contributed by atoms with Crippen LogP contribution in [-0.4, -0.2) is 34.0 Å². The lowest BCUT2D eigenvalue weighted by Gasteiger charge is -2.13. The molecular weight excluding hydrogens is 543 g/mol. The van der Waals surface area contributed by atoms with Crippen LogP contribution in [0, 0.1) is 10.1 Å². The predicted molar refractivity (Wildman–Crippen MR) is 139 cm³/mol. The lowest BCUT2D eigenvalue weighted by atomic mass is 10.1. The fourth-order valence-electron chi connectivity index (χ4n) is 3.37. The van der Waals surface area contributed by atoms with Crippen molar-refractivity contribution in [3.05, 3.63) is 102 Å². The molecule has 9 nitrogen and oxygen atoms in total. The number of imide groups is 1. The van der Waals surface area contributed by atoms with Crippen molar-refractivity contribution in [2.75, 3.05) is 7.11 Å². The van der Waals surface area contributed by atoms with Crippen LogP contribution in [0.1, 0.15) is 21.5 Å². The van der Waals surface area contributed by atoms with E-state index in [4.69, 9.17) is 32.7 Å². The lowest BCUT2D eigenvalue weighted by Crippen LogP contribution is -2.27. The molecule has 4 rings (SSSR count). The summed E-state index contributed by atoms with van der Waals surface area (Å²) in [5.74, 6) is -1.04. The number of hydrogen-bond donors (Lipinski definition) is 0. The van der Waals surface area contributed by atoms with E-state index in [0.29, 0.717) is 21.2 Å². The lowest BCUT2D eigenvalue weighted by molar-refractivity contribution is -0.384. The Morgan fingerprint density at radius 3 is 2.57 bits per heavy atom. The van der Waals surface area contributed by atoms with E-state index in [2.05, 4.69) is 0 Å². The summed E-state index contributed by atoms with van der Waals surface area (Å²) in [5.41, 5.74) is 0.840. The monoisotopic (exact) mass is 558 g/mol. The first-order valence-corrected chi connectivity index (χ1v) is 12.1. The highest BCUT2D eigenvalue weighted by Gasteiger charge is 2.35. The van der Waals surface area contributed by atoms with Gasteiger partial charge in [-0.25, -0.2) is 4.79 Å². The Morgan fingerprint density at radius 2 is 1.86 bits per heavy atom. The number of carbonyl (C=O) groups excluding carboxylic acids is 3. The second-order valence-corrected chi connectivity index (χ2v) is 9.45. The Morgan fingerprint density at radius 1 is 1.08 bits per heavy atom. The third kappa shape index (κ3) is 5.93. The van der Waals surface area contributed by atoms with E-state index in [1.165, 1.54) is 49.6 Å². The van der Waals surface area contributed by atoms with Gasteiger partial charge in [-0.2, -0.15) is 0 Å². The van der Waals surface area contributed by atoms with Gasteiger partial charge >= 0.3 is 5.97 Å². The van der Waals surface area contributed by atoms with Crippen molar-refractivity contribution in [3.63, 3.8) is 0 Å². The Kier molecular flexibility index (Phi) is 7.82. The summed E-state index contributed by atoms with van der Waals surface area (Å²) in [6.45, 7) is -0.00608. The Labute approximate surface area is 224 Å². The number of ether oxygens (including phenoxy) is 2. The first-order valence-electron chi connectivity index (χ1n) is 10.5. The van der Waals surface area contributed by atoms with Crippen molar-refractivity contribution in [1.82, 2.24) is 4.90 Å². The maximum atomic E-state index is 12.9. The number of carbonyl (C=O) groups is 3. The SMILES string of the molecule is COc1cc(/C=C2\SC(=O)N(Cc3ccc(Cl)cc3Cl)C2=O)ccc1OC(=O)c1cccc([N+](=O)[O-])c1. The summed E-state index contributed by atoms with van der Waals surface area (Å²) in [5, 5.41) is 11.3. The topological polar surface area (TPSA) is 116 Å². The zero-order valence-electron chi connectivity index (χ0n) is 19.0. The minimum absolute atomic E-state index is 0.00482. The van der Waals surface area contributed by atoms with Crippen LogP contribution in [0.4, 0.5) is 10.5 Å². The Hall–Kier alpha value is -3.86. The van der Waals surface area contributed by atoms with Gasteiger partial charge in [-0.05, 0) is 59.3 Å². The summed E-state index contributed by atoms with van der Waals surface area (Å²) in [6.07, 6.45) is 1.52. The van der Waals surface area contributed by atoms with Crippen molar-refractivity contribution < 1.29 is 28.8 Å². The maximum absolute atomic E-state index is 12.9. The zero-order valence-corrected chi connectivity index (χ0v) is 21.3. The molecule has 0 atom stereocenters. The summed E-state index contributed by atoms with van der Waals surface area (Å²) < 4.78 is 10.7. The average Bonchev–Trinajstić information content (AvgIpc) is 3.13. The molecule has 188 valence electrons. The molecule has 12 heteroatoms. The van der Waals surface area contributed by atoms with Gasteiger partial charge in [0.25, 0.3) is 16.8 Å².